The summed E-state index contributed by atoms with van der Waals surface area (Å²) < 4.78 is 10.1. The lowest BCUT2D eigenvalue weighted by Gasteiger charge is -2.28. The van der Waals surface area contributed by atoms with Crippen LogP contribution in [0, 0.1) is 6.92 Å². The van der Waals surface area contributed by atoms with E-state index in [9.17, 15) is 19.2 Å². The molecule has 0 aliphatic heterocycles. The third kappa shape index (κ3) is 6.94. The first-order valence-corrected chi connectivity index (χ1v) is 10.2. The van der Waals surface area contributed by atoms with Gasteiger partial charge in [0.1, 0.15) is 17.7 Å². The van der Waals surface area contributed by atoms with Crippen molar-refractivity contribution < 1.29 is 28.7 Å². The number of nitrogens with one attached hydrogen (secondary N) is 2. The van der Waals surface area contributed by atoms with E-state index in [0.29, 0.717) is 17.0 Å². The van der Waals surface area contributed by atoms with Gasteiger partial charge in [-0.2, -0.15) is 0 Å². The Labute approximate surface area is 187 Å². The summed E-state index contributed by atoms with van der Waals surface area (Å²) in [5.41, 5.74) is 0.282. The van der Waals surface area contributed by atoms with E-state index < -0.39 is 29.7 Å². The number of hydrogen-bond donors (Lipinski definition) is 2. The molecular formula is C24H28N2O6. The van der Waals surface area contributed by atoms with Crippen LogP contribution in [0.2, 0.25) is 0 Å². The molecule has 0 saturated carbocycles. The molecule has 0 bridgehead atoms. The van der Waals surface area contributed by atoms with Crippen molar-refractivity contribution in [3.8, 4) is 5.75 Å². The SMILES string of the molecule is CCOC(=O)C(C)(CC(=O)c1ccc(C)cc1)NC(=O)CC(=O)Nc1ccc(OC)cc1. The van der Waals surface area contributed by atoms with Crippen LogP contribution in [0.1, 0.15) is 42.6 Å². The molecule has 0 saturated heterocycles. The fourth-order valence-corrected chi connectivity index (χ4v) is 3.00. The van der Waals surface area contributed by atoms with Gasteiger partial charge in [-0.05, 0) is 45.0 Å². The lowest BCUT2D eigenvalue weighted by molar-refractivity contribution is -0.152. The van der Waals surface area contributed by atoms with Crippen molar-refractivity contribution in [2.45, 2.75) is 39.2 Å². The van der Waals surface area contributed by atoms with E-state index in [2.05, 4.69) is 10.6 Å². The number of Topliss-reactive ketones (excluding diaryl/α,β-unsaturated/α-hetero) is 1. The van der Waals surface area contributed by atoms with Gasteiger partial charge >= 0.3 is 5.97 Å². The van der Waals surface area contributed by atoms with Crippen molar-refractivity contribution in [1.82, 2.24) is 5.32 Å². The number of anilines is 1. The maximum Gasteiger partial charge on any atom is 0.332 e. The summed E-state index contributed by atoms with van der Waals surface area (Å²) in [6.45, 7) is 5.02. The highest BCUT2D eigenvalue weighted by Gasteiger charge is 2.39. The van der Waals surface area contributed by atoms with E-state index >= 15 is 0 Å². The molecule has 170 valence electrons. The summed E-state index contributed by atoms with van der Waals surface area (Å²) in [7, 11) is 1.53. The summed E-state index contributed by atoms with van der Waals surface area (Å²) in [4.78, 5) is 50.1. The van der Waals surface area contributed by atoms with E-state index in [1.807, 2.05) is 6.92 Å². The van der Waals surface area contributed by atoms with Crippen LogP contribution in [-0.4, -0.2) is 42.8 Å². The predicted octanol–water partition coefficient (Wildman–Crippen LogP) is 3.04. The van der Waals surface area contributed by atoms with E-state index in [0.717, 1.165) is 5.56 Å². The van der Waals surface area contributed by atoms with Gasteiger partial charge in [0.15, 0.2) is 5.78 Å². The molecule has 0 aliphatic rings. The molecule has 0 spiro atoms. The molecule has 0 radical (unpaired) electrons. The molecular weight excluding hydrogens is 412 g/mol. The molecule has 2 rings (SSSR count). The summed E-state index contributed by atoms with van der Waals surface area (Å²) in [5, 5.41) is 5.11. The number of rotatable bonds is 10. The summed E-state index contributed by atoms with van der Waals surface area (Å²) >= 11 is 0. The molecule has 2 N–H and O–H groups in total. The van der Waals surface area contributed by atoms with Crippen LogP contribution in [0.5, 0.6) is 5.75 Å². The van der Waals surface area contributed by atoms with Crippen molar-refractivity contribution in [2.24, 2.45) is 0 Å². The Morgan fingerprint density at radius 2 is 1.56 bits per heavy atom. The first-order chi connectivity index (χ1) is 15.2. The van der Waals surface area contributed by atoms with Gasteiger partial charge in [0.25, 0.3) is 0 Å². The van der Waals surface area contributed by atoms with Gasteiger partial charge in [0.2, 0.25) is 11.8 Å². The largest absolute Gasteiger partial charge is 0.497 e. The lowest BCUT2D eigenvalue weighted by Crippen LogP contribution is -2.54. The molecule has 1 unspecified atom stereocenters. The molecule has 32 heavy (non-hydrogen) atoms. The van der Waals surface area contributed by atoms with Crippen molar-refractivity contribution >= 4 is 29.3 Å². The maximum atomic E-state index is 12.7. The zero-order valence-electron chi connectivity index (χ0n) is 18.7. The molecule has 0 fully saturated rings. The highest BCUT2D eigenvalue weighted by molar-refractivity contribution is 6.06. The van der Waals surface area contributed by atoms with Crippen molar-refractivity contribution in [3.63, 3.8) is 0 Å². The van der Waals surface area contributed by atoms with Crippen molar-refractivity contribution in [1.29, 1.82) is 0 Å². The average Bonchev–Trinajstić information content (AvgIpc) is 2.74. The summed E-state index contributed by atoms with van der Waals surface area (Å²) in [6, 6.07) is 13.5. The summed E-state index contributed by atoms with van der Waals surface area (Å²) in [5.74, 6) is -1.72. The van der Waals surface area contributed by atoms with E-state index in [4.69, 9.17) is 9.47 Å². The van der Waals surface area contributed by atoms with Gasteiger partial charge in [-0.3, -0.25) is 14.4 Å². The second kappa shape index (κ2) is 11.1. The van der Waals surface area contributed by atoms with Crippen molar-refractivity contribution in [2.75, 3.05) is 19.0 Å². The Bertz CT molecular complexity index is 969. The van der Waals surface area contributed by atoms with E-state index in [1.165, 1.54) is 14.0 Å². The molecule has 8 nitrogen and oxygen atoms in total. The molecule has 2 amide bonds. The Morgan fingerprint density at radius 1 is 0.938 bits per heavy atom. The highest BCUT2D eigenvalue weighted by Crippen LogP contribution is 2.18. The highest BCUT2D eigenvalue weighted by atomic mass is 16.5. The van der Waals surface area contributed by atoms with Crippen LogP contribution < -0.4 is 15.4 Å². The smallest absolute Gasteiger partial charge is 0.332 e. The van der Waals surface area contributed by atoms with Crippen LogP contribution in [0.25, 0.3) is 0 Å². The summed E-state index contributed by atoms with van der Waals surface area (Å²) in [6.07, 6.45) is -0.833. The number of methoxy groups -OCH3 is 1. The Morgan fingerprint density at radius 3 is 2.12 bits per heavy atom. The Kier molecular flexibility index (Phi) is 8.52. The van der Waals surface area contributed by atoms with Crippen LogP contribution in [0.15, 0.2) is 48.5 Å². The molecule has 2 aromatic carbocycles. The third-order valence-electron chi connectivity index (χ3n) is 4.72. The van der Waals surface area contributed by atoms with Gasteiger partial charge in [-0.15, -0.1) is 0 Å². The number of esters is 1. The number of carbonyl (C=O) groups is 4. The number of ether oxygens (including phenoxy) is 2. The van der Waals surface area contributed by atoms with Gasteiger partial charge in [-0.25, -0.2) is 4.79 Å². The standard InChI is InChI=1S/C24H28N2O6/c1-5-32-23(30)24(3,15-20(27)17-8-6-16(2)7-9-17)26-22(29)14-21(28)25-18-10-12-19(31-4)13-11-18/h6-13H,5,14-15H2,1-4H3,(H,25,28)(H,26,29). The molecule has 0 heterocycles. The molecule has 0 aliphatic carbocycles. The fourth-order valence-electron chi connectivity index (χ4n) is 3.00. The first-order valence-electron chi connectivity index (χ1n) is 10.2. The zero-order valence-corrected chi connectivity index (χ0v) is 18.7. The Hall–Kier alpha value is -3.68. The lowest BCUT2D eigenvalue weighted by atomic mass is 9.91. The maximum absolute atomic E-state index is 12.7. The Balaban J connectivity index is 2.06. The van der Waals surface area contributed by atoms with Crippen LogP contribution in [-0.2, 0) is 19.1 Å². The predicted molar refractivity (Wildman–Crippen MR) is 120 cm³/mol. The first kappa shape index (κ1) is 24.6. The second-order valence-electron chi connectivity index (χ2n) is 7.52. The normalized spacial score (nSPS) is 12.2. The number of amides is 2. The van der Waals surface area contributed by atoms with Gasteiger partial charge < -0.3 is 20.1 Å². The van der Waals surface area contributed by atoms with Gasteiger partial charge in [0.05, 0.1) is 13.7 Å². The quantitative estimate of drug-likeness (QED) is 0.334. The minimum absolute atomic E-state index is 0.0843. The van der Waals surface area contributed by atoms with Gasteiger partial charge in [0, 0.05) is 17.7 Å². The molecule has 1 atom stereocenters. The number of ketones is 1. The average molecular weight is 440 g/mol. The van der Waals surface area contributed by atoms with Crippen LogP contribution >= 0.6 is 0 Å². The minimum atomic E-state index is -1.62. The molecule has 2 aromatic rings. The van der Waals surface area contributed by atoms with Crippen LogP contribution in [0.4, 0.5) is 5.69 Å². The van der Waals surface area contributed by atoms with E-state index in [1.54, 1.807) is 55.5 Å². The number of carbonyl (C=O) groups excluding carboxylic acids is 4. The monoisotopic (exact) mass is 440 g/mol. The zero-order chi connectivity index (χ0) is 23.7. The van der Waals surface area contributed by atoms with Gasteiger partial charge in [-0.1, -0.05) is 29.8 Å². The van der Waals surface area contributed by atoms with E-state index in [-0.39, 0.29) is 18.8 Å². The molecule has 0 aromatic heterocycles. The third-order valence-corrected chi connectivity index (χ3v) is 4.72. The fraction of sp³-hybridized carbons (Fsp3) is 0.333. The molecule has 8 heteroatoms. The number of aryl methyl sites for hydroxylation is 1. The number of benzene rings is 2. The topological polar surface area (TPSA) is 111 Å². The number of hydrogen-bond acceptors (Lipinski definition) is 6. The second-order valence-corrected chi connectivity index (χ2v) is 7.52. The van der Waals surface area contributed by atoms with Crippen molar-refractivity contribution in [3.05, 3.63) is 59.7 Å². The van der Waals surface area contributed by atoms with Crippen LogP contribution in [0.3, 0.4) is 0 Å². The minimum Gasteiger partial charge on any atom is -0.497 e.